The number of rotatable bonds is 12. The van der Waals surface area contributed by atoms with Crippen LogP contribution in [-0.4, -0.2) is 101 Å². The largest absolute Gasteiger partial charge is 0.384 e. The third kappa shape index (κ3) is 8.35. The maximum atomic E-state index is 14.9. The van der Waals surface area contributed by atoms with Crippen LogP contribution in [-0.2, 0) is 44.6 Å². The number of sulfone groups is 1. The van der Waals surface area contributed by atoms with Gasteiger partial charge in [0.2, 0.25) is 27.6 Å². The van der Waals surface area contributed by atoms with Crippen LogP contribution in [0.25, 0.3) is 10.8 Å². The summed E-state index contributed by atoms with van der Waals surface area (Å²) in [5.41, 5.74) is 2.33. The summed E-state index contributed by atoms with van der Waals surface area (Å²) in [6, 6.07) is 8.63. The van der Waals surface area contributed by atoms with Crippen LogP contribution in [0.1, 0.15) is 83.4 Å². The van der Waals surface area contributed by atoms with Crippen molar-refractivity contribution in [3.05, 3.63) is 54.4 Å². The molecule has 2 saturated heterocycles. The first kappa shape index (κ1) is 39.4. The van der Waals surface area contributed by atoms with Gasteiger partial charge in [-0.3, -0.25) is 19.2 Å². The third-order valence-corrected chi connectivity index (χ3v) is 14.2. The molecule has 3 heterocycles. The van der Waals surface area contributed by atoms with E-state index >= 15 is 0 Å². The van der Waals surface area contributed by atoms with Crippen molar-refractivity contribution in [2.24, 2.45) is 11.7 Å². The molecule has 1 unspecified atom stereocenters. The predicted molar refractivity (Wildman–Crippen MR) is 197 cm³/mol. The number of carbonyl (C=O) groups excluding carboxylic acids is 4. The van der Waals surface area contributed by atoms with Crippen LogP contribution < -0.4 is 15.8 Å². The normalized spacial score (nSPS) is 22.5. The van der Waals surface area contributed by atoms with Gasteiger partial charge in [0, 0.05) is 13.0 Å². The monoisotopic (exact) mass is 785 g/mol. The molecule has 0 radical (unpaired) electrons. The molecule has 3 aliphatic rings. The Morgan fingerprint density at radius 3 is 2.35 bits per heavy atom. The van der Waals surface area contributed by atoms with Crippen LogP contribution in [0.4, 0.5) is 0 Å². The lowest BCUT2D eigenvalue weighted by Crippen LogP contribution is -2.64. The second-order valence-electron chi connectivity index (χ2n) is 15.4. The fourth-order valence-corrected chi connectivity index (χ4v) is 10.8. The van der Waals surface area contributed by atoms with Gasteiger partial charge < -0.3 is 21.1 Å². The van der Waals surface area contributed by atoms with Gasteiger partial charge in [-0.15, -0.1) is 5.10 Å². The number of nitrogens with one attached hydrogen (secondary N) is 2. The highest BCUT2D eigenvalue weighted by Crippen LogP contribution is 2.35. The maximum absolute atomic E-state index is 14.9. The third-order valence-electron chi connectivity index (χ3n) is 11.0. The number of primary amides is 1. The number of fused-ring (bicyclic) bond motifs is 1. The maximum Gasteiger partial charge on any atom is 0.287 e. The van der Waals surface area contributed by atoms with Gasteiger partial charge in [0.1, 0.15) is 23.2 Å². The summed E-state index contributed by atoms with van der Waals surface area (Å²) in [5, 5.41) is 23.1. The Balaban J connectivity index is 1.37. The molecular weight excluding hydrogens is 739 g/mol. The first-order valence-corrected chi connectivity index (χ1v) is 21.5. The molecule has 1 saturated carbocycles. The molecule has 54 heavy (non-hydrogen) atoms. The van der Waals surface area contributed by atoms with E-state index in [4.69, 9.17) is 5.73 Å². The zero-order chi connectivity index (χ0) is 39.1. The average Bonchev–Trinajstić information content (AvgIpc) is 3.81. The summed E-state index contributed by atoms with van der Waals surface area (Å²) in [5.74, 6) is -4.96. The van der Waals surface area contributed by atoms with Crippen LogP contribution >= 0.6 is 0 Å². The van der Waals surface area contributed by atoms with E-state index in [9.17, 15) is 41.1 Å². The van der Waals surface area contributed by atoms with Crippen LogP contribution in [0.3, 0.4) is 0 Å². The number of ketones is 1. The molecule has 1 aromatic heterocycles. The number of likely N-dealkylation sites (tertiary alicyclic amines) is 1. The molecule has 3 fully saturated rings. The molecule has 5 N–H and O–H groups in total. The fraction of sp³-hybridized carbons (Fsp3) is 0.556. The molecule has 3 atom stereocenters. The molecule has 16 nitrogen and oxygen atoms in total. The van der Waals surface area contributed by atoms with Crippen LogP contribution in [0.15, 0.2) is 53.6 Å². The van der Waals surface area contributed by atoms with Gasteiger partial charge in [0.05, 0.1) is 34.3 Å². The Labute approximate surface area is 314 Å². The molecule has 1 aliphatic carbocycles. The molecule has 6 rings (SSSR count). The lowest BCUT2D eigenvalue weighted by Gasteiger charge is -2.37. The lowest BCUT2D eigenvalue weighted by atomic mass is 9.84. The van der Waals surface area contributed by atoms with E-state index in [1.807, 2.05) is 12.1 Å². The standard InChI is InChI=1S/C36H47N7O9S2/c1-35(2,48)30-21-38-41-43(30)26-20-29(33(46)39-36(31(44)32(37)45)14-16-53(49,50)17-15-36)42(22-26)34(47)28(18-23-8-4-3-5-9-23)40-54(51,52)27-13-12-24-10-6-7-11-25(24)19-27/h6-7,10-13,19,21,23,26,28-29,40,48H,3-5,8-9,14-18,20,22H2,1-2H3,(H2,37,45)(H,39,46)/t26-,28?,29-/m0/s1. The van der Waals surface area contributed by atoms with Crippen molar-refractivity contribution in [3.8, 4) is 0 Å². The highest BCUT2D eigenvalue weighted by atomic mass is 32.2. The Kier molecular flexibility index (Phi) is 11.0. The average molecular weight is 786 g/mol. The van der Waals surface area contributed by atoms with Gasteiger partial charge in [-0.2, -0.15) is 4.72 Å². The number of amides is 3. The number of aliphatic hydroxyl groups is 1. The Morgan fingerprint density at radius 1 is 1.04 bits per heavy atom. The highest BCUT2D eigenvalue weighted by molar-refractivity contribution is 7.91. The summed E-state index contributed by atoms with van der Waals surface area (Å²) >= 11 is 0. The number of nitrogens with zero attached hydrogens (tertiary/aromatic N) is 4. The van der Waals surface area contributed by atoms with E-state index in [2.05, 4.69) is 20.4 Å². The van der Waals surface area contributed by atoms with E-state index in [0.29, 0.717) is 11.1 Å². The molecule has 2 aromatic carbocycles. The van der Waals surface area contributed by atoms with Gasteiger partial charge in [0.15, 0.2) is 9.84 Å². The van der Waals surface area contributed by atoms with Crippen molar-refractivity contribution < 1.29 is 41.1 Å². The summed E-state index contributed by atoms with van der Waals surface area (Å²) in [6.07, 6.45) is 5.14. The van der Waals surface area contributed by atoms with Crippen LogP contribution in [0, 0.1) is 5.92 Å². The van der Waals surface area contributed by atoms with Crippen molar-refractivity contribution in [3.63, 3.8) is 0 Å². The quantitative estimate of drug-likeness (QED) is 0.191. The molecule has 3 amide bonds. The molecular formula is C36H47N7O9S2. The van der Waals surface area contributed by atoms with E-state index in [1.54, 1.807) is 18.2 Å². The number of Topliss-reactive ketones (excluding diaryl/α,β-unsaturated/α-hetero) is 1. The summed E-state index contributed by atoms with van der Waals surface area (Å²) in [4.78, 5) is 55.8. The van der Waals surface area contributed by atoms with Gasteiger partial charge in [-0.05, 0) is 61.9 Å². The first-order chi connectivity index (χ1) is 25.4. The van der Waals surface area contributed by atoms with E-state index in [-0.39, 0.29) is 30.2 Å². The van der Waals surface area contributed by atoms with E-state index < -0.39 is 97.0 Å². The minimum Gasteiger partial charge on any atom is -0.384 e. The van der Waals surface area contributed by atoms with Crippen molar-refractivity contribution in [1.82, 2.24) is 29.9 Å². The molecule has 2 aliphatic heterocycles. The summed E-state index contributed by atoms with van der Waals surface area (Å²) in [7, 11) is -7.83. The molecule has 292 valence electrons. The predicted octanol–water partition coefficient (Wildman–Crippen LogP) is 1.24. The van der Waals surface area contributed by atoms with Crippen molar-refractivity contribution in [2.45, 2.75) is 106 Å². The van der Waals surface area contributed by atoms with Crippen LogP contribution in [0.2, 0.25) is 0 Å². The lowest BCUT2D eigenvalue weighted by molar-refractivity contribution is -0.145. The number of nitrogens with two attached hydrogens (primary N) is 1. The number of hydrogen-bond acceptors (Lipinski definition) is 11. The number of sulfonamides is 1. The van der Waals surface area contributed by atoms with Gasteiger partial charge >= 0.3 is 0 Å². The van der Waals surface area contributed by atoms with Crippen molar-refractivity contribution in [2.75, 3.05) is 18.1 Å². The van der Waals surface area contributed by atoms with Crippen molar-refractivity contribution in [1.29, 1.82) is 0 Å². The van der Waals surface area contributed by atoms with Gasteiger partial charge in [0.25, 0.3) is 5.91 Å². The first-order valence-electron chi connectivity index (χ1n) is 18.2. The second kappa shape index (κ2) is 15.1. The zero-order valence-electron chi connectivity index (χ0n) is 30.3. The Hall–Kier alpha value is -4.26. The molecule has 3 aromatic rings. The fourth-order valence-electron chi connectivity index (χ4n) is 8.03. The Morgan fingerprint density at radius 2 is 1.70 bits per heavy atom. The highest BCUT2D eigenvalue weighted by Gasteiger charge is 2.51. The Bertz CT molecular complexity index is 2140. The smallest absolute Gasteiger partial charge is 0.287 e. The molecule has 18 heteroatoms. The van der Waals surface area contributed by atoms with Crippen molar-refractivity contribution >= 4 is 54.1 Å². The number of hydrogen-bond donors (Lipinski definition) is 4. The number of benzene rings is 2. The number of aromatic nitrogens is 3. The SMILES string of the molecule is CC(C)(O)c1cnnn1[C@H]1C[C@@H](C(=O)NC2(C(=O)C(N)=O)CCS(=O)(=O)CC2)N(C(=O)C(CC2CCCCC2)NS(=O)(=O)c2ccc3ccccc3c2)C1. The molecule has 0 bridgehead atoms. The van der Waals surface area contributed by atoms with Gasteiger partial charge in [-0.1, -0.05) is 67.6 Å². The minimum atomic E-state index is -4.27. The van der Waals surface area contributed by atoms with E-state index in [0.717, 1.165) is 37.5 Å². The van der Waals surface area contributed by atoms with Crippen LogP contribution in [0.5, 0.6) is 0 Å². The van der Waals surface area contributed by atoms with Gasteiger partial charge in [-0.25, -0.2) is 21.5 Å². The van der Waals surface area contributed by atoms with E-state index in [1.165, 1.54) is 41.8 Å². The second-order valence-corrected chi connectivity index (χ2v) is 19.4. The summed E-state index contributed by atoms with van der Waals surface area (Å²) < 4.78 is 56.8. The number of carbonyl (C=O) groups is 4. The summed E-state index contributed by atoms with van der Waals surface area (Å²) in [6.45, 7) is 2.91. The minimum absolute atomic E-state index is 0.0235. The molecule has 0 spiro atoms. The topological polar surface area (TPSA) is 241 Å². The zero-order valence-corrected chi connectivity index (χ0v) is 31.9.